The Morgan fingerprint density at radius 2 is 1.92 bits per heavy atom. The van der Waals surface area contributed by atoms with Crippen molar-refractivity contribution in [2.24, 2.45) is 10.9 Å². The minimum Gasteiger partial charge on any atom is -0.468 e. The maximum atomic E-state index is 12.6. The van der Waals surface area contributed by atoms with Gasteiger partial charge in [0.05, 0.1) is 7.11 Å². The number of hydrogen-bond acceptors (Lipinski definition) is 6. The van der Waals surface area contributed by atoms with E-state index >= 15 is 0 Å². The largest absolute Gasteiger partial charge is 0.468 e. The van der Waals surface area contributed by atoms with Crippen molar-refractivity contribution < 1.29 is 14.3 Å². The molecule has 0 spiro atoms. The van der Waals surface area contributed by atoms with Gasteiger partial charge in [-0.05, 0) is 12.1 Å². The summed E-state index contributed by atoms with van der Waals surface area (Å²) in [4.78, 5) is 33.9. The lowest BCUT2D eigenvalue weighted by Crippen LogP contribution is -2.57. The highest BCUT2D eigenvalue weighted by Crippen LogP contribution is 2.30. The SMILES string of the molecule is CCN1CCN(C2=NC(c3ccccc3)C(C(=O)OC)C(=O)N2)CC1. The van der Waals surface area contributed by atoms with E-state index in [0.29, 0.717) is 5.96 Å². The lowest BCUT2D eigenvalue weighted by molar-refractivity contribution is -0.151. The summed E-state index contributed by atoms with van der Waals surface area (Å²) in [6.07, 6.45) is 0. The Morgan fingerprint density at radius 3 is 2.52 bits per heavy atom. The lowest BCUT2D eigenvalue weighted by Gasteiger charge is -2.38. The fourth-order valence-corrected chi connectivity index (χ4v) is 3.29. The Hall–Kier alpha value is -2.41. The van der Waals surface area contributed by atoms with Crippen molar-refractivity contribution in [3.05, 3.63) is 35.9 Å². The van der Waals surface area contributed by atoms with Crippen LogP contribution >= 0.6 is 0 Å². The van der Waals surface area contributed by atoms with E-state index < -0.39 is 17.9 Å². The first-order chi connectivity index (χ1) is 12.1. The van der Waals surface area contributed by atoms with Gasteiger partial charge in [0.2, 0.25) is 11.9 Å². The molecule has 1 aromatic carbocycles. The fourth-order valence-electron chi connectivity index (χ4n) is 3.29. The summed E-state index contributed by atoms with van der Waals surface area (Å²) in [6, 6.07) is 8.86. The number of carbonyl (C=O) groups is 2. The van der Waals surface area contributed by atoms with E-state index in [9.17, 15) is 9.59 Å². The third-order valence-electron chi connectivity index (χ3n) is 4.81. The van der Waals surface area contributed by atoms with E-state index in [0.717, 1.165) is 38.3 Å². The molecule has 1 N–H and O–H groups in total. The smallest absolute Gasteiger partial charge is 0.320 e. The van der Waals surface area contributed by atoms with Gasteiger partial charge in [-0.1, -0.05) is 37.3 Å². The van der Waals surface area contributed by atoms with Gasteiger partial charge in [0.25, 0.3) is 0 Å². The van der Waals surface area contributed by atoms with Crippen LogP contribution < -0.4 is 5.32 Å². The van der Waals surface area contributed by atoms with Gasteiger partial charge < -0.3 is 14.5 Å². The number of nitrogens with zero attached hydrogens (tertiary/aromatic N) is 3. The average Bonchev–Trinajstić information content (AvgIpc) is 2.67. The third-order valence-corrected chi connectivity index (χ3v) is 4.81. The molecular formula is C18H24N4O3. The van der Waals surface area contributed by atoms with Crippen LogP contribution in [0.4, 0.5) is 0 Å². The number of rotatable bonds is 3. The molecule has 2 heterocycles. The van der Waals surface area contributed by atoms with Gasteiger partial charge in [-0.2, -0.15) is 0 Å². The molecule has 0 bridgehead atoms. The van der Waals surface area contributed by atoms with Crippen LogP contribution in [-0.2, 0) is 14.3 Å². The van der Waals surface area contributed by atoms with Gasteiger partial charge in [-0.3, -0.25) is 14.9 Å². The number of ether oxygens (including phenoxy) is 1. The average molecular weight is 344 g/mol. The molecule has 1 amide bonds. The molecule has 7 nitrogen and oxygen atoms in total. The number of amides is 1. The summed E-state index contributed by atoms with van der Waals surface area (Å²) in [5.41, 5.74) is 0.831. The van der Waals surface area contributed by atoms with Gasteiger partial charge in [0.15, 0.2) is 5.92 Å². The summed E-state index contributed by atoms with van der Waals surface area (Å²) in [6.45, 7) is 6.63. The van der Waals surface area contributed by atoms with Gasteiger partial charge in [-0.25, -0.2) is 4.99 Å². The van der Waals surface area contributed by atoms with Crippen molar-refractivity contribution in [2.45, 2.75) is 13.0 Å². The first-order valence-corrected chi connectivity index (χ1v) is 8.62. The highest BCUT2D eigenvalue weighted by Gasteiger charge is 2.41. The fraction of sp³-hybridized carbons (Fsp3) is 0.500. The predicted octanol–water partition coefficient (Wildman–Crippen LogP) is 0.640. The van der Waals surface area contributed by atoms with E-state index in [1.165, 1.54) is 7.11 Å². The molecule has 7 heteroatoms. The number of esters is 1. The Balaban J connectivity index is 1.89. The molecule has 1 aromatic rings. The maximum Gasteiger partial charge on any atom is 0.320 e. The van der Waals surface area contributed by atoms with Crippen LogP contribution in [0.25, 0.3) is 0 Å². The van der Waals surface area contributed by atoms with Gasteiger partial charge in [0.1, 0.15) is 6.04 Å². The molecule has 2 aliphatic rings. The predicted molar refractivity (Wildman–Crippen MR) is 94.0 cm³/mol. The van der Waals surface area contributed by atoms with E-state index in [4.69, 9.17) is 9.73 Å². The van der Waals surface area contributed by atoms with Crippen molar-refractivity contribution >= 4 is 17.8 Å². The molecule has 0 saturated carbocycles. The Morgan fingerprint density at radius 1 is 1.24 bits per heavy atom. The first-order valence-electron chi connectivity index (χ1n) is 8.62. The summed E-state index contributed by atoms with van der Waals surface area (Å²) < 4.78 is 4.83. The molecular weight excluding hydrogens is 320 g/mol. The van der Waals surface area contributed by atoms with Crippen molar-refractivity contribution in [1.29, 1.82) is 0 Å². The van der Waals surface area contributed by atoms with E-state index in [-0.39, 0.29) is 5.91 Å². The van der Waals surface area contributed by atoms with E-state index in [1.807, 2.05) is 30.3 Å². The standard InChI is InChI=1S/C18H24N4O3/c1-3-21-9-11-22(12-10-21)18-19-15(13-7-5-4-6-8-13)14(16(23)20-18)17(24)25-2/h4-8,14-15H,3,9-12H2,1-2H3,(H,19,20,23). The second-order valence-corrected chi connectivity index (χ2v) is 6.22. The van der Waals surface area contributed by atoms with Gasteiger partial charge >= 0.3 is 5.97 Å². The molecule has 2 aliphatic heterocycles. The second-order valence-electron chi connectivity index (χ2n) is 6.22. The molecule has 1 saturated heterocycles. The van der Waals surface area contributed by atoms with Crippen LogP contribution in [0.5, 0.6) is 0 Å². The highest BCUT2D eigenvalue weighted by molar-refractivity contribution is 6.08. The lowest BCUT2D eigenvalue weighted by atomic mass is 9.91. The zero-order valence-electron chi connectivity index (χ0n) is 14.6. The van der Waals surface area contributed by atoms with Crippen LogP contribution in [0.2, 0.25) is 0 Å². The van der Waals surface area contributed by atoms with Crippen LogP contribution in [0, 0.1) is 5.92 Å². The normalized spacial score (nSPS) is 24.5. The summed E-state index contributed by atoms with van der Waals surface area (Å²) in [7, 11) is 1.29. The van der Waals surface area contributed by atoms with Crippen LogP contribution in [0.3, 0.4) is 0 Å². The van der Waals surface area contributed by atoms with Crippen molar-refractivity contribution in [2.75, 3.05) is 39.8 Å². The van der Waals surface area contributed by atoms with Gasteiger partial charge in [0, 0.05) is 26.2 Å². The summed E-state index contributed by atoms with van der Waals surface area (Å²) >= 11 is 0. The van der Waals surface area contributed by atoms with Crippen molar-refractivity contribution in [1.82, 2.24) is 15.1 Å². The molecule has 0 aromatic heterocycles. The number of guanidine groups is 1. The zero-order valence-corrected chi connectivity index (χ0v) is 14.6. The van der Waals surface area contributed by atoms with Crippen LogP contribution in [0.15, 0.2) is 35.3 Å². The Labute approximate surface area is 147 Å². The van der Waals surface area contributed by atoms with Crippen molar-refractivity contribution in [3.63, 3.8) is 0 Å². The summed E-state index contributed by atoms with van der Waals surface area (Å²) in [5.74, 6) is -1.34. The monoisotopic (exact) mass is 344 g/mol. The quantitative estimate of drug-likeness (QED) is 0.643. The molecule has 0 radical (unpaired) electrons. The highest BCUT2D eigenvalue weighted by atomic mass is 16.5. The van der Waals surface area contributed by atoms with Crippen LogP contribution in [-0.4, -0.2) is 67.5 Å². The minimum atomic E-state index is -0.965. The van der Waals surface area contributed by atoms with E-state index in [2.05, 4.69) is 22.0 Å². The molecule has 3 rings (SSSR count). The number of piperazine rings is 1. The number of methoxy groups -OCH3 is 1. The minimum absolute atomic E-state index is 0.358. The van der Waals surface area contributed by atoms with Gasteiger partial charge in [-0.15, -0.1) is 0 Å². The number of hydrogen-bond donors (Lipinski definition) is 1. The number of likely N-dealkylation sites (N-methyl/N-ethyl adjacent to an activating group) is 1. The first kappa shape index (κ1) is 17.4. The second kappa shape index (κ2) is 7.65. The van der Waals surface area contributed by atoms with Crippen molar-refractivity contribution in [3.8, 4) is 0 Å². The number of nitrogens with one attached hydrogen (secondary N) is 1. The Kier molecular flexibility index (Phi) is 5.33. The Bertz CT molecular complexity index is 654. The molecule has 1 fully saturated rings. The zero-order chi connectivity index (χ0) is 17.8. The number of carbonyl (C=O) groups excluding carboxylic acids is 2. The molecule has 2 unspecified atom stereocenters. The van der Waals surface area contributed by atoms with E-state index in [1.54, 1.807) is 0 Å². The van der Waals surface area contributed by atoms with Crippen LogP contribution in [0.1, 0.15) is 18.5 Å². The molecule has 2 atom stereocenters. The topological polar surface area (TPSA) is 74.2 Å². The molecule has 134 valence electrons. The molecule has 0 aliphatic carbocycles. The molecule has 25 heavy (non-hydrogen) atoms. The summed E-state index contributed by atoms with van der Waals surface area (Å²) in [5, 5.41) is 2.80. The number of benzene rings is 1. The number of aliphatic imine (C=N–C) groups is 1. The maximum absolute atomic E-state index is 12.6. The third kappa shape index (κ3) is 3.66.